The molecule has 0 fully saturated rings. The number of hydrogen-bond acceptors (Lipinski definition) is 6. The third kappa shape index (κ3) is 2.72. The van der Waals surface area contributed by atoms with Crippen LogP contribution in [0.25, 0.3) is 17.2 Å². The Morgan fingerprint density at radius 1 is 1.15 bits per heavy atom. The third-order valence-corrected chi connectivity index (χ3v) is 4.63. The molecule has 0 atom stereocenters. The molecule has 134 valence electrons. The van der Waals surface area contributed by atoms with E-state index in [1.54, 1.807) is 23.4 Å². The fourth-order valence-corrected chi connectivity index (χ4v) is 3.28. The number of rotatable bonds is 2. The van der Waals surface area contributed by atoms with Crippen LogP contribution in [0.3, 0.4) is 0 Å². The molecule has 1 aliphatic heterocycles. The van der Waals surface area contributed by atoms with Crippen LogP contribution in [0.4, 0.5) is 0 Å². The van der Waals surface area contributed by atoms with Crippen molar-refractivity contribution < 1.29 is 4.79 Å². The highest BCUT2D eigenvalue weighted by Gasteiger charge is 2.27. The highest BCUT2D eigenvalue weighted by atomic mass is 35.5. The lowest BCUT2D eigenvalue weighted by atomic mass is 10.2. The van der Waals surface area contributed by atoms with Gasteiger partial charge < -0.3 is 9.47 Å². The summed E-state index contributed by atoms with van der Waals surface area (Å²) in [6.45, 7) is 1.49. The first kappa shape index (κ1) is 15.9. The maximum Gasteiger partial charge on any atom is 0.274 e. The molecule has 1 amide bonds. The number of carbonyl (C=O) groups is 1. The number of carbonyl (C=O) groups excluding carboxylic acids is 1. The molecule has 10 heteroatoms. The first-order valence-corrected chi connectivity index (χ1v) is 8.70. The van der Waals surface area contributed by atoms with Crippen LogP contribution in [0.15, 0.2) is 42.9 Å². The van der Waals surface area contributed by atoms with Crippen molar-refractivity contribution in [2.75, 3.05) is 6.54 Å². The molecule has 0 N–H and O–H groups in total. The summed E-state index contributed by atoms with van der Waals surface area (Å²) in [6.07, 6.45) is 4.86. The summed E-state index contributed by atoms with van der Waals surface area (Å²) in [7, 11) is 0. The molecule has 4 aromatic rings. The molecule has 0 bridgehead atoms. The molecule has 0 saturated carbocycles. The summed E-state index contributed by atoms with van der Waals surface area (Å²) in [6, 6.07) is 7.31. The summed E-state index contributed by atoms with van der Waals surface area (Å²) in [5, 5.41) is 13.2. The van der Waals surface area contributed by atoms with Crippen LogP contribution in [0.5, 0.6) is 0 Å². The fourth-order valence-electron chi connectivity index (χ4n) is 3.14. The number of pyridine rings is 1. The monoisotopic (exact) mass is 380 g/mol. The van der Waals surface area contributed by atoms with Crippen LogP contribution in [0.2, 0.25) is 5.02 Å². The van der Waals surface area contributed by atoms with Gasteiger partial charge in [0, 0.05) is 31.5 Å². The number of amides is 1. The lowest BCUT2D eigenvalue weighted by molar-refractivity contribution is 0.0701. The molecule has 0 spiro atoms. The van der Waals surface area contributed by atoms with Gasteiger partial charge in [-0.25, -0.2) is 9.50 Å². The largest absolute Gasteiger partial charge is 0.328 e. The van der Waals surface area contributed by atoms with Gasteiger partial charge in [-0.05, 0) is 12.1 Å². The molecule has 1 aliphatic rings. The second-order valence-corrected chi connectivity index (χ2v) is 6.57. The van der Waals surface area contributed by atoms with Crippen molar-refractivity contribution in [3.8, 4) is 11.5 Å². The van der Waals surface area contributed by atoms with Gasteiger partial charge in [0.1, 0.15) is 5.69 Å². The minimum Gasteiger partial charge on any atom is -0.328 e. The predicted octanol–water partition coefficient (Wildman–Crippen LogP) is 1.69. The number of hydrogen-bond donors (Lipinski definition) is 0. The van der Waals surface area contributed by atoms with Gasteiger partial charge in [0.05, 0.1) is 17.8 Å². The van der Waals surface area contributed by atoms with Crippen molar-refractivity contribution in [3.05, 3.63) is 59.4 Å². The van der Waals surface area contributed by atoms with Gasteiger partial charge in [0.15, 0.2) is 23.0 Å². The van der Waals surface area contributed by atoms with E-state index in [2.05, 4.69) is 25.3 Å². The normalized spacial score (nSPS) is 13.7. The summed E-state index contributed by atoms with van der Waals surface area (Å²) >= 11 is 5.92. The summed E-state index contributed by atoms with van der Waals surface area (Å²) in [5.41, 5.74) is 1.65. The molecule has 9 nitrogen and oxygen atoms in total. The highest BCUT2D eigenvalue weighted by molar-refractivity contribution is 6.30. The van der Waals surface area contributed by atoms with Crippen molar-refractivity contribution in [2.45, 2.75) is 13.1 Å². The number of nitrogens with zero attached hydrogens (tertiary/aromatic N) is 8. The van der Waals surface area contributed by atoms with Crippen LogP contribution < -0.4 is 0 Å². The predicted molar refractivity (Wildman–Crippen MR) is 96.0 cm³/mol. The average molecular weight is 381 g/mol. The van der Waals surface area contributed by atoms with E-state index >= 15 is 0 Å². The lowest BCUT2D eigenvalue weighted by Gasteiger charge is -2.27. The summed E-state index contributed by atoms with van der Waals surface area (Å²) in [5.74, 6) is 1.26. The van der Waals surface area contributed by atoms with Crippen molar-refractivity contribution in [1.29, 1.82) is 0 Å². The van der Waals surface area contributed by atoms with E-state index in [1.165, 1.54) is 10.7 Å². The zero-order valence-corrected chi connectivity index (χ0v) is 14.8. The first-order chi connectivity index (χ1) is 13.2. The molecule has 0 unspecified atom stereocenters. The summed E-state index contributed by atoms with van der Waals surface area (Å²) < 4.78 is 3.50. The molecule has 5 rings (SSSR count). The molecule has 0 saturated heterocycles. The summed E-state index contributed by atoms with van der Waals surface area (Å²) in [4.78, 5) is 23.1. The van der Waals surface area contributed by atoms with Gasteiger partial charge in [-0.2, -0.15) is 5.10 Å². The Balaban J connectivity index is 1.42. The molecule has 5 heterocycles. The van der Waals surface area contributed by atoms with E-state index in [0.29, 0.717) is 41.8 Å². The average Bonchev–Trinajstić information content (AvgIpc) is 3.31. The van der Waals surface area contributed by atoms with Crippen molar-refractivity contribution in [2.24, 2.45) is 0 Å². The Morgan fingerprint density at radius 3 is 2.93 bits per heavy atom. The zero-order valence-electron chi connectivity index (χ0n) is 14.0. The number of fused-ring (bicyclic) bond motifs is 2. The van der Waals surface area contributed by atoms with E-state index in [4.69, 9.17) is 11.6 Å². The van der Waals surface area contributed by atoms with Crippen molar-refractivity contribution in [1.82, 2.24) is 39.2 Å². The lowest BCUT2D eigenvalue weighted by Crippen LogP contribution is -2.38. The van der Waals surface area contributed by atoms with E-state index in [-0.39, 0.29) is 5.91 Å². The third-order valence-electron chi connectivity index (χ3n) is 4.44. The molecule has 0 aliphatic carbocycles. The number of halogens is 1. The van der Waals surface area contributed by atoms with Crippen molar-refractivity contribution >= 4 is 23.2 Å². The quantitative estimate of drug-likeness (QED) is 0.525. The minimum absolute atomic E-state index is 0.176. The van der Waals surface area contributed by atoms with E-state index in [0.717, 1.165) is 11.5 Å². The highest BCUT2D eigenvalue weighted by Crippen LogP contribution is 2.21. The molecule has 0 aromatic carbocycles. The Bertz CT molecular complexity index is 1150. The SMILES string of the molecule is O=C(c1cc2ncc(Cl)cn2n1)N1CCn2c(nnc2-c2ccccn2)C1. The van der Waals surface area contributed by atoms with Crippen LogP contribution in [0.1, 0.15) is 16.3 Å². The van der Waals surface area contributed by atoms with Gasteiger partial charge in [-0.1, -0.05) is 17.7 Å². The second-order valence-electron chi connectivity index (χ2n) is 6.14. The minimum atomic E-state index is -0.176. The Kier molecular flexibility index (Phi) is 3.61. The van der Waals surface area contributed by atoms with Crippen LogP contribution in [-0.4, -0.2) is 51.7 Å². The van der Waals surface area contributed by atoms with Gasteiger partial charge in [-0.3, -0.25) is 9.78 Å². The Morgan fingerprint density at radius 2 is 2.07 bits per heavy atom. The molecular weight excluding hydrogens is 368 g/mol. The van der Waals surface area contributed by atoms with Crippen LogP contribution in [-0.2, 0) is 13.1 Å². The second kappa shape index (κ2) is 6.13. The van der Waals surface area contributed by atoms with Gasteiger partial charge in [0.25, 0.3) is 5.91 Å². The van der Waals surface area contributed by atoms with Crippen molar-refractivity contribution in [3.63, 3.8) is 0 Å². The molecule has 4 aromatic heterocycles. The van der Waals surface area contributed by atoms with Crippen LogP contribution in [0, 0.1) is 0 Å². The van der Waals surface area contributed by atoms with Gasteiger partial charge >= 0.3 is 0 Å². The van der Waals surface area contributed by atoms with E-state index in [1.807, 2.05) is 22.8 Å². The molecule has 0 radical (unpaired) electrons. The fraction of sp³-hybridized carbons (Fsp3) is 0.176. The Labute approximate surface area is 158 Å². The molecular formula is C17H13ClN8O. The maximum atomic E-state index is 12.9. The first-order valence-electron chi connectivity index (χ1n) is 8.33. The molecule has 27 heavy (non-hydrogen) atoms. The van der Waals surface area contributed by atoms with Gasteiger partial charge in [0.2, 0.25) is 0 Å². The Hall–Kier alpha value is -3.33. The van der Waals surface area contributed by atoms with E-state index < -0.39 is 0 Å². The standard InChI is InChI=1S/C17H13ClN8O/c18-11-8-20-14-7-13(23-26(14)9-11)17(27)24-5-6-25-15(10-24)21-22-16(25)12-3-1-2-4-19-12/h1-4,7-9H,5-6,10H2. The topological polar surface area (TPSA) is 94.1 Å². The van der Waals surface area contributed by atoms with Crippen LogP contribution >= 0.6 is 11.6 Å². The maximum absolute atomic E-state index is 12.9. The van der Waals surface area contributed by atoms with Gasteiger partial charge in [-0.15, -0.1) is 10.2 Å². The zero-order chi connectivity index (χ0) is 18.4. The van der Waals surface area contributed by atoms with E-state index in [9.17, 15) is 4.79 Å². The smallest absolute Gasteiger partial charge is 0.274 e. The number of aromatic nitrogens is 7.